The molecule has 0 radical (unpaired) electrons. The highest BCUT2D eigenvalue weighted by atomic mass is 19.4. The zero-order chi connectivity index (χ0) is 29.8. The van der Waals surface area contributed by atoms with Crippen LogP contribution in [0.3, 0.4) is 0 Å². The summed E-state index contributed by atoms with van der Waals surface area (Å²) < 4.78 is 45.9. The molecule has 3 rings (SSSR count). The lowest BCUT2D eigenvalue weighted by atomic mass is 10.0. The normalized spacial score (nSPS) is 11.5. The Morgan fingerprint density at radius 2 is 1.60 bits per heavy atom. The molecule has 212 valence electrons. The monoisotopic (exact) mass is 556 g/mol. The standard InChI is InChI=1S/C29H31F3N4O4/c1-17-12-22(35-27(39)40-28(2,3)4)23(14-21(17)29(30,31)32)34-26(38)15-24(37)19-9-7-8-18(13-19)20-10-11-25(33-16-20)36(5)6/h7-14,16H,15H2,1-6H3,(H,34,38)(H,35,39). The lowest BCUT2D eigenvalue weighted by molar-refractivity contribution is -0.138. The van der Waals surface area contributed by atoms with Crippen LogP contribution in [-0.2, 0) is 15.7 Å². The topological polar surface area (TPSA) is 101 Å². The number of Topliss-reactive ketones (excluding diaryl/α,β-unsaturated/α-hetero) is 1. The molecule has 0 atom stereocenters. The van der Waals surface area contributed by atoms with Crippen molar-refractivity contribution < 1.29 is 32.3 Å². The molecule has 1 aromatic heterocycles. The van der Waals surface area contributed by atoms with Gasteiger partial charge in [-0.3, -0.25) is 14.9 Å². The highest BCUT2D eigenvalue weighted by molar-refractivity contribution is 6.12. The third-order valence-corrected chi connectivity index (χ3v) is 5.62. The van der Waals surface area contributed by atoms with Gasteiger partial charge in [-0.05, 0) is 69.2 Å². The molecule has 40 heavy (non-hydrogen) atoms. The van der Waals surface area contributed by atoms with Gasteiger partial charge in [0, 0.05) is 31.4 Å². The second kappa shape index (κ2) is 11.8. The highest BCUT2D eigenvalue weighted by Gasteiger charge is 2.34. The van der Waals surface area contributed by atoms with Crippen LogP contribution in [-0.4, -0.2) is 42.5 Å². The quantitative estimate of drug-likeness (QED) is 0.248. The van der Waals surface area contributed by atoms with Gasteiger partial charge in [0.2, 0.25) is 5.91 Å². The van der Waals surface area contributed by atoms with Crippen molar-refractivity contribution in [2.45, 2.75) is 45.9 Å². The summed E-state index contributed by atoms with van der Waals surface area (Å²) in [6.07, 6.45) is -4.59. The number of alkyl halides is 3. The molecule has 0 bridgehead atoms. The predicted molar refractivity (Wildman–Crippen MR) is 148 cm³/mol. The minimum Gasteiger partial charge on any atom is -0.444 e. The molecule has 1 heterocycles. The fourth-order valence-corrected chi connectivity index (χ4v) is 3.77. The summed E-state index contributed by atoms with van der Waals surface area (Å²) in [5.41, 5.74) is -0.721. The van der Waals surface area contributed by atoms with E-state index in [1.54, 1.807) is 51.2 Å². The van der Waals surface area contributed by atoms with Gasteiger partial charge in [-0.25, -0.2) is 9.78 Å². The van der Waals surface area contributed by atoms with E-state index < -0.39 is 41.5 Å². The third-order valence-electron chi connectivity index (χ3n) is 5.62. The first-order valence-corrected chi connectivity index (χ1v) is 12.3. The molecule has 0 aliphatic carbocycles. The molecule has 0 spiro atoms. The van der Waals surface area contributed by atoms with E-state index in [9.17, 15) is 27.6 Å². The number of ketones is 1. The first-order chi connectivity index (χ1) is 18.5. The van der Waals surface area contributed by atoms with Gasteiger partial charge < -0.3 is 15.0 Å². The summed E-state index contributed by atoms with van der Waals surface area (Å²) in [7, 11) is 3.73. The molecule has 8 nitrogen and oxygen atoms in total. The van der Waals surface area contributed by atoms with Crippen molar-refractivity contribution in [1.29, 1.82) is 0 Å². The fraction of sp³-hybridized carbons (Fsp3) is 0.310. The molecule has 3 aromatic rings. The van der Waals surface area contributed by atoms with Crippen LogP contribution in [0.4, 0.5) is 35.2 Å². The molecular formula is C29H31F3N4O4. The van der Waals surface area contributed by atoms with E-state index in [-0.39, 0.29) is 22.5 Å². The van der Waals surface area contributed by atoms with E-state index in [2.05, 4.69) is 15.6 Å². The Hall–Kier alpha value is -4.41. The van der Waals surface area contributed by atoms with Crippen molar-refractivity contribution in [3.63, 3.8) is 0 Å². The average molecular weight is 557 g/mol. The molecule has 0 aliphatic rings. The molecule has 2 N–H and O–H groups in total. The van der Waals surface area contributed by atoms with Gasteiger partial charge in [0.1, 0.15) is 11.4 Å². The van der Waals surface area contributed by atoms with Crippen molar-refractivity contribution in [2.24, 2.45) is 0 Å². The summed E-state index contributed by atoms with van der Waals surface area (Å²) in [4.78, 5) is 44.2. The number of anilines is 3. The Balaban J connectivity index is 1.82. The number of carbonyl (C=O) groups is 3. The SMILES string of the molecule is Cc1cc(NC(=O)OC(C)(C)C)c(NC(=O)CC(=O)c2cccc(-c3ccc(N(C)C)nc3)c2)cc1C(F)(F)F. The number of nitrogens with one attached hydrogen (secondary N) is 2. The predicted octanol–water partition coefficient (Wildman–Crippen LogP) is 6.70. The van der Waals surface area contributed by atoms with Crippen LogP contribution in [0.25, 0.3) is 11.1 Å². The molecule has 2 amide bonds. The van der Waals surface area contributed by atoms with Crippen molar-refractivity contribution in [3.05, 3.63) is 71.4 Å². The van der Waals surface area contributed by atoms with E-state index in [1.165, 1.54) is 6.92 Å². The van der Waals surface area contributed by atoms with Crippen LogP contribution in [0.1, 0.15) is 48.7 Å². The highest BCUT2D eigenvalue weighted by Crippen LogP contribution is 2.37. The van der Waals surface area contributed by atoms with Crippen LogP contribution in [0.5, 0.6) is 0 Å². The smallest absolute Gasteiger partial charge is 0.416 e. The van der Waals surface area contributed by atoms with Crippen LogP contribution >= 0.6 is 0 Å². The molecule has 0 aliphatic heterocycles. The number of carbonyl (C=O) groups excluding carboxylic acids is 3. The van der Waals surface area contributed by atoms with Crippen LogP contribution in [0.15, 0.2) is 54.7 Å². The Labute approximate surface area is 230 Å². The lowest BCUT2D eigenvalue weighted by Gasteiger charge is -2.21. The van der Waals surface area contributed by atoms with Gasteiger partial charge in [0.15, 0.2) is 5.78 Å². The second-order valence-corrected chi connectivity index (χ2v) is 10.4. The second-order valence-electron chi connectivity index (χ2n) is 10.4. The lowest BCUT2D eigenvalue weighted by Crippen LogP contribution is -2.28. The number of amides is 2. The maximum absolute atomic E-state index is 13.6. The molecule has 0 saturated carbocycles. The number of benzene rings is 2. The Bertz CT molecular complexity index is 1410. The van der Waals surface area contributed by atoms with Gasteiger partial charge in [0.05, 0.1) is 23.4 Å². The molecular weight excluding hydrogens is 525 g/mol. The summed E-state index contributed by atoms with van der Waals surface area (Å²) in [5.74, 6) is -0.628. The number of ether oxygens (including phenoxy) is 1. The number of hydrogen-bond donors (Lipinski definition) is 2. The van der Waals surface area contributed by atoms with Gasteiger partial charge in [-0.2, -0.15) is 13.2 Å². The summed E-state index contributed by atoms with van der Waals surface area (Å²) in [5, 5.41) is 4.71. The molecule has 0 unspecified atom stereocenters. The number of hydrogen-bond acceptors (Lipinski definition) is 6. The minimum atomic E-state index is -4.70. The molecule has 0 saturated heterocycles. The molecule has 2 aromatic carbocycles. The summed E-state index contributed by atoms with van der Waals surface area (Å²) >= 11 is 0. The van der Waals surface area contributed by atoms with Crippen LogP contribution in [0.2, 0.25) is 0 Å². The number of aromatic nitrogens is 1. The molecule has 11 heteroatoms. The van der Waals surface area contributed by atoms with E-state index in [0.29, 0.717) is 5.56 Å². The first-order valence-electron chi connectivity index (χ1n) is 12.3. The summed E-state index contributed by atoms with van der Waals surface area (Å²) in [6.45, 7) is 6.12. The largest absolute Gasteiger partial charge is 0.444 e. The molecule has 0 fully saturated rings. The third kappa shape index (κ3) is 8.05. The Morgan fingerprint density at radius 3 is 2.17 bits per heavy atom. The number of rotatable bonds is 7. The summed E-state index contributed by atoms with van der Waals surface area (Å²) in [6, 6.07) is 12.1. The number of pyridine rings is 1. The van der Waals surface area contributed by atoms with Gasteiger partial charge >= 0.3 is 12.3 Å². The van der Waals surface area contributed by atoms with Crippen molar-refractivity contribution >= 4 is 35.0 Å². The fourth-order valence-electron chi connectivity index (χ4n) is 3.77. The first kappa shape index (κ1) is 30.1. The number of nitrogens with zero attached hydrogens (tertiary/aromatic N) is 2. The number of aryl methyl sites for hydroxylation is 1. The van der Waals surface area contributed by atoms with Crippen molar-refractivity contribution in [1.82, 2.24) is 4.98 Å². The van der Waals surface area contributed by atoms with Gasteiger partial charge in [0.25, 0.3) is 0 Å². The van der Waals surface area contributed by atoms with Crippen LogP contribution < -0.4 is 15.5 Å². The maximum atomic E-state index is 13.6. The van der Waals surface area contributed by atoms with Crippen molar-refractivity contribution in [2.75, 3.05) is 29.6 Å². The van der Waals surface area contributed by atoms with Gasteiger partial charge in [-0.15, -0.1) is 0 Å². The van der Waals surface area contributed by atoms with Crippen molar-refractivity contribution in [3.8, 4) is 11.1 Å². The van der Waals surface area contributed by atoms with E-state index >= 15 is 0 Å². The van der Waals surface area contributed by atoms with E-state index in [1.807, 2.05) is 31.1 Å². The number of halogens is 3. The van der Waals surface area contributed by atoms with Gasteiger partial charge in [-0.1, -0.05) is 18.2 Å². The maximum Gasteiger partial charge on any atom is 0.416 e. The Morgan fingerprint density at radius 1 is 0.925 bits per heavy atom. The van der Waals surface area contributed by atoms with E-state index in [0.717, 1.165) is 23.5 Å². The average Bonchev–Trinajstić information content (AvgIpc) is 2.83. The van der Waals surface area contributed by atoms with Crippen LogP contribution in [0, 0.1) is 6.92 Å². The Kier molecular flexibility index (Phi) is 8.87. The minimum absolute atomic E-state index is 0.101. The zero-order valence-electron chi connectivity index (χ0n) is 23.1. The van der Waals surface area contributed by atoms with E-state index in [4.69, 9.17) is 4.74 Å². The zero-order valence-corrected chi connectivity index (χ0v) is 23.1.